The minimum atomic E-state index is -1.19. The van der Waals surface area contributed by atoms with Gasteiger partial charge in [-0.3, -0.25) is 0 Å². The van der Waals surface area contributed by atoms with Gasteiger partial charge in [0.2, 0.25) is 5.82 Å². The SMILES string of the molecule is CCCC(c1ccc(OCc2ccc(Cl)cc2-c2nn[nH]n2)c(Cl)c1)c1nc(C(=O)O)c(Cl)[nH]1. The lowest BCUT2D eigenvalue weighted by atomic mass is 9.93. The molecule has 0 aliphatic heterocycles. The second-order valence-electron chi connectivity index (χ2n) is 7.45. The summed E-state index contributed by atoms with van der Waals surface area (Å²) in [6.45, 7) is 2.23. The number of carboxylic acids is 1. The second-order valence-corrected chi connectivity index (χ2v) is 8.67. The van der Waals surface area contributed by atoms with E-state index in [0.29, 0.717) is 33.0 Å². The fourth-order valence-electron chi connectivity index (χ4n) is 3.59. The molecule has 2 aromatic carbocycles. The van der Waals surface area contributed by atoms with Gasteiger partial charge in [0.15, 0.2) is 5.69 Å². The molecule has 2 heterocycles. The minimum Gasteiger partial charge on any atom is -0.487 e. The van der Waals surface area contributed by atoms with Crippen molar-refractivity contribution in [1.29, 1.82) is 0 Å². The molecule has 0 aliphatic carbocycles. The highest BCUT2D eigenvalue weighted by Crippen LogP contribution is 2.35. The van der Waals surface area contributed by atoms with E-state index in [9.17, 15) is 9.90 Å². The molecule has 0 amide bonds. The summed E-state index contributed by atoms with van der Waals surface area (Å²) in [7, 11) is 0. The fourth-order valence-corrected chi connectivity index (χ4v) is 4.23. The molecule has 2 aromatic heterocycles. The Bertz CT molecular complexity index is 1310. The molecule has 0 saturated carbocycles. The Morgan fingerprint density at radius 2 is 2.00 bits per heavy atom. The lowest BCUT2D eigenvalue weighted by Gasteiger charge is -2.16. The molecule has 4 rings (SSSR count). The molecule has 176 valence electrons. The molecule has 4 aromatic rings. The second kappa shape index (κ2) is 10.4. The number of aromatic carboxylic acids is 1. The largest absolute Gasteiger partial charge is 0.487 e. The number of benzene rings is 2. The van der Waals surface area contributed by atoms with Crippen molar-refractivity contribution >= 4 is 40.8 Å². The molecule has 12 heteroatoms. The third kappa shape index (κ3) is 5.16. The molecule has 0 radical (unpaired) electrons. The maximum atomic E-state index is 11.3. The summed E-state index contributed by atoms with van der Waals surface area (Å²) in [5.74, 6) is -0.0313. The van der Waals surface area contributed by atoms with Crippen molar-refractivity contribution in [3.8, 4) is 17.1 Å². The average molecular weight is 522 g/mol. The van der Waals surface area contributed by atoms with E-state index in [2.05, 4.69) is 30.6 Å². The number of ether oxygens (including phenoxy) is 1. The number of imidazole rings is 1. The first-order valence-corrected chi connectivity index (χ1v) is 11.4. The molecule has 0 spiro atoms. The number of aromatic nitrogens is 6. The molecular formula is C22H19Cl3N6O3. The van der Waals surface area contributed by atoms with Crippen LogP contribution < -0.4 is 4.74 Å². The Balaban J connectivity index is 1.57. The van der Waals surface area contributed by atoms with Crippen LogP contribution >= 0.6 is 34.8 Å². The van der Waals surface area contributed by atoms with Gasteiger partial charge in [0.1, 0.15) is 23.3 Å². The van der Waals surface area contributed by atoms with Gasteiger partial charge in [0, 0.05) is 22.1 Å². The van der Waals surface area contributed by atoms with Crippen LogP contribution in [0.3, 0.4) is 0 Å². The summed E-state index contributed by atoms with van der Waals surface area (Å²) in [5.41, 5.74) is 2.16. The standard InChI is InChI=1S/C22H19Cl3N6O3/c1-2-3-14(20-26-18(22(32)33)19(25)27-20)11-5-7-17(16(24)8-11)34-10-12-4-6-13(23)9-15(12)21-28-30-31-29-21/h4-9,14H,2-3,10H2,1H3,(H,26,27)(H,32,33)(H,28,29,30,31). The van der Waals surface area contributed by atoms with Gasteiger partial charge in [-0.05, 0) is 41.5 Å². The highest BCUT2D eigenvalue weighted by atomic mass is 35.5. The molecule has 0 aliphatic rings. The van der Waals surface area contributed by atoms with E-state index < -0.39 is 5.97 Å². The van der Waals surface area contributed by atoms with Crippen LogP contribution in [-0.4, -0.2) is 41.7 Å². The quantitative estimate of drug-likeness (QED) is 0.255. The Hall–Kier alpha value is -3.14. The minimum absolute atomic E-state index is 0.00461. The first-order valence-electron chi connectivity index (χ1n) is 10.3. The number of nitrogens with zero attached hydrogens (tertiary/aromatic N) is 4. The van der Waals surface area contributed by atoms with E-state index in [1.807, 2.05) is 19.1 Å². The van der Waals surface area contributed by atoms with Gasteiger partial charge in [-0.2, -0.15) is 5.21 Å². The van der Waals surface area contributed by atoms with E-state index in [4.69, 9.17) is 39.5 Å². The van der Waals surface area contributed by atoms with Gasteiger partial charge in [0.25, 0.3) is 0 Å². The van der Waals surface area contributed by atoms with Gasteiger partial charge in [-0.1, -0.05) is 60.3 Å². The third-order valence-corrected chi connectivity index (χ3v) is 5.99. The number of halogens is 3. The number of tetrazole rings is 1. The number of H-pyrrole nitrogens is 2. The highest BCUT2D eigenvalue weighted by Gasteiger charge is 2.23. The summed E-state index contributed by atoms with van der Waals surface area (Å²) in [4.78, 5) is 18.4. The number of hydrogen-bond donors (Lipinski definition) is 3. The van der Waals surface area contributed by atoms with E-state index >= 15 is 0 Å². The first kappa shape index (κ1) is 24.0. The van der Waals surface area contributed by atoms with Gasteiger partial charge in [-0.25, -0.2) is 9.78 Å². The van der Waals surface area contributed by atoms with Gasteiger partial charge >= 0.3 is 5.97 Å². The van der Waals surface area contributed by atoms with Crippen LogP contribution in [0.5, 0.6) is 5.75 Å². The third-order valence-electron chi connectivity index (χ3n) is 5.19. The van der Waals surface area contributed by atoms with Crippen LogP contribution in [0.25, 0.3) is 11.4 Å². The van der Waals surface area contributed by atoms with E-state index in [-0.39, 0.29) is 23.4 Å². The normalized spacial score (nSPS) is 12.0. The van der Waals surface area contributed by atoms with Crippen LogP contribution in [0.15, 0.2) is 36.4 Å². The molecule has 9 nitrogen and oxygen atoms in total. The number of nitrogens with one attached hydrogen (secondary N) is 2. The lowest BCUT2D eigenvalue weighted by molar-refractivity contribution is 0.0691. The van der Waals surface area contributed by atoms with Crippen molar-refractivity contribution in [3.63, 3.8) is 0 Å². The molecule has 0 bridgehead atoms. The van der Waals surface area contributed by atoms with E-state index in [0.717, 1.165) is 24.0 Å². The Morgan fingerprint density at radius 1 is 1.18 bits per heavy atom. The molecule has 1 atom stereocenters. The Kier molecular flexibility index (Phi) is 7.35. The van der Waals surface area contributed by atoms with Gasteiger partial charge in [0.05, 0.1) is 5.02 Å². The van der Waals surface area contributed by atoms with Crippen LogP contribution in [0.2, 0.25) is 15.2 Å². The first-order chi connectivity index (χ1) is 16.4. The fraction of sp³-hybridized carbons (Fsp3) is 0.227. The van der Waals surface area contributed by atoms with Gasteiger partial charge < -0.3 is 14.8 Å². The maximum absolute atomic E-state index is 11.3. The maximum Gasteiger partial charge on any atom is 0.357 e. The predicted molar refractivity (Wildman–Crippen MR) is 128 cm³/mol. The molecule has 3 N–H and O–H groups in total. The zero-order chi connectivity index (χ0) is 24.2. The van der Waals surface area contributed by atoms with Crippen molar-refractivity contribution in [1.82, 2.24) is 30.6 Å². The topological polar surface area (TPSA) is 130 Å². The molecule has 0 saturated heterocycles. The molecule has 0 fully saturated rings. The Labute approximate surface area is 209 Å². The zero-order valence-electron chi connectivity index (χ0n) is 17.8. The van der Waals surface area contributed by atoms with Crippen LogP contribution in [0.1, 0.15) is 53.1 Å². The molecule has 1 unspecified atom stereocenters. The van der Waals surface area contributed by atoms with Crippen molar-refractivity contribution in [2.24, 2.45) is 0 Å². The van der Waals surface area contributed by atoms with Crippen LogP contribution in [-0.2, 0) is 6.61 Å². The van der Waals surface area contributed by atoms with Crippen molar-refractivity contribution < 1.29 is 14.6 Å². The Morgan fingerprint density at radius 3 is 2.65 bits per heavy atom. The zero-order valence-corrected chi connectivity index (χ0v) is 20.1. The summed E-state index contributed by atoms with van der Waals surface area (Å²) in [6.07, 6.45) is 1.56. The number of aromatic amines is 2. The number of carboxylic acid groups (broad SMARTS) is 1. The summed E-state index contributed by atoms with van der Waals surface area (Å²) in [6, 6.07) is 10.8. The number of rotatable bonds is 9. The molecule has 34 heavy (non-hydrogen) atoms. The summed E-state index contributed by atoms with van der Waals surface area (Å²) in [5, 5.41) is 24.3. The summed E-state index contributed by atoms with van der Waals surface area (Å²) < 4.78 is 5.97. The number of hydrogen-bond acceptors (Lipinski definition) is 6. The van der Waals surface area contributed by atoms with Crippen molar-refractivity contribution in [2.75, 3.05) is 0 Å². The van der Waals surface area contributed by atoms with Gasteiger partial charge in [-0.15, -0.1) is 10.2 Å². The lowest BCUT2D eigenvalue weighted by Crippen LogP contribution is -2.05. The average Bonchev–Trinajstić information content (AvgIpc) is 3.47. The summed E-state index contributed by atoms with van der Waals surface area (Å²) >= 11 is 18.7. The van der Waals surface area contributed by atoms with E-state index in [1.54, 1.807) is 24.3 Å². The van der Waals surface area contributed by atoms with Crippen molar-refractivity contribution in [3.05, 3.63) is 74.2 Å². The monoisotopic (exact) mass is 520 g/mol. The highest BCUT2D eigenvalue weighted by molar-refractivity contribution is 6.32. The van der Waals surface area contributed by atoms with Crippen LogP contribution in [0.4, 0.5) is 0 Å². The number of carbonyl (C=O) groups is 1. The van der Waals surface area contributed by atoms with E-state index in [1.165, 1.54) is 0 Å². The predicted octanol–water partition coefficient (Wildman–Crippen LogP) is 5.76. The van der Waals surface area contributed by atoms with Crippen LogP contribution in [0, 0.1) is 0 Å². The molecular weight excluding hydrogens is 503 g/mol. The smallest absolute Gasteiger partial charge is 0.357 e. The van der Waals surface area contributed by atoms with Crippen molar-refractivity contribution in [2.45, 2.75) is 32.3 Å².